The van der Waals surface area contributed by atoms with E-state index in [1.54, 1.807) is 6.07 Å². The Morgan fingerprint density at radius 3 is 2.45 bits per heavy atom. The number of benzene rings is 1. The molecule has 2 aromatic heterocycles. The number of para-hydroxylation sites is 1. The molecule has 3 fully saturated rings. The molecule has 5 heterocycles. The third-order valence-corrected chi connectivity index (χ3v) is 10.4. The van der Waals surface area contributed by atoms with Crippen LogP contribution in [-0.2, 0) is 6.42 Å². The summed E-state index contributed by atoms with van der Waals surface area (Å²) in [5.74, 6) is 1.15. The van der Waals surface area contributed by atoms with Crippen LogP contribution in [0.3, 0.4) is 0 Å². The molecule has 8 heteroatoms. The summed E-state index contributed by atoms with van der Waals surface area (Å²) in [7, 11) is 0. The van der Waals surface area contributed by atoms with Crippen molar-refractivity contribution >= 4 is 11.0 Å². The van der Waals surface area contributed by atoms with Crippen molar-refractivity contribution in [1.29, 1.82) is 0 Å². The molecular formula is C32H45N7O. The first-order chi connectivity index (χ1) is 19.6. The largest absolute Gasteiger partial charge is 0.507 e. The number of aromatic amines is 1. The fourth-order valence-electron chi connectivity index (χ4n) is 8.19. The molecule has 3 aromatic rings. The van der Waals surface area contributed by atoms with Crippen molar-refractivity contribution in [3.63, 3.8) is 0 Å². The van der Waals surface area contributed by atoms with Crippen molar-refractivity contribution in [2.24, 2.45) is 5.92 Å². The second kappa shape index (κ2) is 11.4. The number of likely N-dealkylation sites (tertiary alicyclic amines) is 1. The van der Waals surface area contributed by atoms with E-state index >= 15 is 0 Å². The Morgan fingerprint density at radius 1 is 0.900 bits per heavy atom. The number of H-pyrrole nitrogens is 1. The van der Waals surface area contributed by atoms with Crippen LogP contribution in [0.2, 0.25) is 0 Å². The van der Waals surface area contributed by atoms with E-state index in [-0.39, 0.29) is 5.75 Å². The molecule has 3 N–H and O–H groups in total. The standard InChI is InChI=1S/C32H45N7O/c1-22-31-27-20-29(26-4-2-3-5-30(26)40)35-36-32(27)34-28(31)12-17-39(22)25-10-15-38(16-11-25)24-8-6-23(7-9-24)21-37-18-13-33-14-19-37/h2-5,20,22-25,33,40H,6-19,21H2,1H3,(H,34,36)/t22-,23-,24-/m1/s1. The van der Waals surface area contributed by atoms with E-state index in [0.717, 1.165) is 60.3 Å². The fourth-order valence-corrected chi connectivity index (χ4v) is 8.19. The van der Waals surface area contributed by atoms with Crippen molar-refractivity contribution in [3.05, 3.63) is 41.6 Å². The van der Waals surface area contributed by atoms with E-state index in [9.17, 15) is 5.11 Å². The molecule has 8 nitrogen and oxygen atoms in total. The SMILES string of the molecule is C[C@@H]1c2c([nH]c3nnc(-c4ccccc4O)cc23)CCN1C1CCN([C@H]2CC[C@H](CN3CCNCC3)CC2)CC1. The van der Waals surface area contributed by atoms with Gasteiger partial charge in [-0.3, -0.25) is 4.90 Å². The monoisotopic (exact) mass is 543 g/mol. The third kappa shape index (κ3) is 5.15. The Balaban J connectivity index is 0.981. The minimum absolute atomic E-state index is 0.245. The van der Waals surface area contributed by atoms with Gasteiger partial charge in [0, 0.05) is 80.5 Å². The summed E-state index contributed by atoms with van der Waals surface area (Å²) in [4.78, 5) is 11.8. The van der Waals surface area contributed by atoms with Gasteiger partial charge >= 0.3 is 0 Å². The minimum Gasteiger partial charge on any atom is -0.507 e. The number of aromatic hydroxyl groups is 1. The summed E-state index contributed by atoms with van der Waals surface area (Å²) in [5, 5.41) is 24.0. The predicted molar refractivity (Wildman–Crippen MR) is 159 cm³/mol. The van der Waals surface area contributed by atoms with Gasteiger partial charge in [0.15, 0.2) is 5.65 Å². The number of fused-ring (bicyclic) bond motifs is 3. The molecule has 0 spiro atoms. The lowest BCUT2D eigenvalue weighted by Gasteiger charge is -2.46. The van der Waals surface area contributed by atoms with E-state index in [1.165, 1.54) is 82.5 Å². The maximum absolute atomic E-state index is 10.4. The van der Waals surface area contributed by atoms with Gasteiger partial charge < -0.3 is 25.2 Å². The molecule has 1 atom stereocenters. The molecular weight excluding hydrogens is 498 g/mol. The highest BCUT2D eigenvalue weighted by atomic mass is 16.3. The molecule has 214 valence electrons. The number of phenols is 1. The number of piperazine rings is 1. The maximum Gasteiger partial charge on any atom is 0.160 e. The van der Waals surface area contributed by atoms with Gasteiger partial charge in [0.1, 0.15) is 5.75 Å². The second-order valence-electron chi connectivity index (χ2n) is 12.7. The minimum atomic E-state index is 0.245. The van der Waals surface area contributed by atoms with Crippen LogP contribution >= 0.6 is 0 Å². The second-order valence-corrected chi connectivity index (χ2v) is 12.7. The number of nitrogens with one attached hydrogen (secondary N) is 2. The van der Waals surface area contributed by atoms with E-state index in [1.807, 2.05) is 18.2 Å². The van der Waals surface area contributed by atoms with Crippen molar-refractivity contribution in [2.75, 3.05) is 52.4 Å². The van der Waals surface area contributed by atoms with Gasteiger partial charge in [0.05, 0.1) is 5.69 Å². The van der Waals surface area contributed by atoms with Crippen LogP contribution < -0.4 is 5.32 Å². The van der Waals surface area contributed by atoms with Crippen molar-refractivity contribution in [2.45, 2.75) is 70.0 Å². The molecule has 1 aliphatic carbocycles. The van der Waals surface area contributed by atoms with Crippen LogP contribution in [-0.4, -0.2) is 99.4 Å². The molecule has 1 aromatic carbocycles. The lowest BCUT2D eigenvalue weighted by atomic mass is 9.84. The maximum atomic E-state index is 10.4. The number of nitrogens with zero attached hydrogens (tertiary/aromatic N) is 5. The lowest BCUT2D eigenvalue weighted by molar-refractivity contribution is 0.0415. The highest BCUT2D eigenvalue weighted by molar-refractivity contribution is 5.86. The Hall–Kier alpha value is -2.52. The van der Waals surface area contributed by atoms with Crippen LogP contribution in [0.1, 0.15) is 62.7 Å². The van der Waals surface area contributed by atoms with Crippen LogP contribution in [0, 0.1) is 5.92 Å². The topological polar surface area (TPSA) is 83.5 Å². The van der Waals surface area contributed by atoms with Gasteiger partial charge in [0.2, 0.25) is 0 Å². The predicted octanol–water partition coefficient (Wildman–Crippen LogP) is 4.18. The van der Waals surface area contributed by atoms with Crippen LogP contribution in [0.4, 0.5) is 0 Å². The highest BCUT2D eigenvalue weighted by Gasteiger charge is 2.36. The van der Waals surface area contributed by atoms with Crippen molar-refractivity contribution in [3.8, 4) is 17.0 Å². The van der Waals surface area contributed by atoms with Gasteiger partial charge in [-0.25, -0.2) is 0 Å². The first-order valence-corrected chi connectivity index (χ1v) is 15.7. The summed E-state index contributed by atoms with van der Waals surface area (Å²) in [6, 6.07) is 11.3. The zero-order valence-electron chi connectivity index (χ0n) is 24.0. The highest BCUT2D eigenvalue weighted by Crippen LogP contribution is 2.40. The summed E-state index contributed by atoms with van der Waals surface area (Å²) in [6.07, 6.45) is 9.16. The number of hydrogen-bond donors (Lipinski definition) is 3. The molecule has 0 radical (unpaired) electrons. The summed E-state index contributed by atoms with van der Waals surface area (Å²) in [5.41, 5.74) is 5.00. The first kappa shape index (κ1) is 26.4. The molecule has 2 saturated heterocycles. The molecule has 0 amide bonds. The average molecular weight is 544 g/mol. The Kier molecular flexibility index (Phi) is 7.52. The number of aromatic nitrogens is 3. The summed E-state index contributed by atoms with van der Waals surface area (Å²) in [6.45, 7) is 12.1. The molecule has 0 unspecified atom stereocenters. The van der Waals surface area contributed by atoms with Crippen LogP contribution in [0.25, 0.3) is 22.3 Å². The zero-order chi connectivity index (χ0) is 27.1. The average Bonchev–Trinajstić information content (AvgIpc) is 3.37. The molecule has 7 rings (SSSR count). The smallest absolute Gasteiger partial charge is 0.160 e. The van der Waals surface area contributed by atoms with Crippen LogP contribution in [0.5, 0.6) is 5.75 Å². The molecule has 1 saturated carbocycles. The van der Waals surface area contributed by atoms with E-state index in [0.29, 0.717) is 12.1 Å². The van der Waals surface area contributed by atoms with Gasteiger partial charge in [-0.15, -0.1) is 10.2 Å². The van der Waals surface area contributed by atoms with E-state index in [4.69, 9.17) is 0 Å². The van der Waals surface area contributed by atoms with Crippen molar-refractivity contribution in [1.82, 2.24) is 35.2 Å². The van der Waals surface area contributed by atoms with Gasteiger partial charge in [-0.05, 0) is 88.2 Å². The third-order valence-electron chi connectivity index (χ3n) is 10.4. The van der Waals surface area contributed by atoms with E-state index in [2.05, 4.69) is 48.2 Å². The van der Waals surface area contributed by atoms with Gasteiger partial charge in [-0.2, -0.15) is 0 Å². The lowest BCUT2D eigenvalue weighted by Crippen LogP contribution is -2.51. The summed E-state index contributed by atoms with van der Waals surface area (Å²) < 4.78 is 0. The molecule has 3 aliphatic heterocycles. The molecule has 4 aliphatic rings. The normalized spacial score (nSPS) is 27.7. The number of piperidine rings is 1. The Labute approximate surface area is 238 Å². The fraction of sp³-hybridized carbons (Fsp3) is 0.625. The van der Waals surface area contributed by atoms with Crippen LogP contribution in [0.15, 0.2) is 30.3 Å². The molecule has 0 bridgehead atoms. The molecule has 40 heavy (non-hydrogen) atoms. The summed E-state index contributed by atoms with van der Waals surface area (Å²) >= 11 is 0. The number of phenolic OH excluding ortho intramolecular Hbond substituents is 1. The van der Waals surface area contributed by atoms with Gasteiger partial charge in [0.25, 0.3) is 0 Å². The number of rotatable bonds is 5. The van der Waals surface area contributed by atoms with Gasteiger partial charge in [-0.1, -0.05) is 12.1 Å². The Morgan fingerprint density at radius 2 is 1.68 bits per heavy atom. The Bertz CT molecular complexity index is 1300. The van der Waals surface area contributed by atoms with Crippen molar-refractivity contribution < 1.29 is 5.11 Å². The first-order valence-electron chi connectivity index (χ1n) is 15.7. The number of hydrogen-bond acceptors (Lipinski definition) is 7. The van der Waals surface area contributed by atoms with E-state index < -0.39 is 0 Å². The zero-order valence-corrected chi connectivity index (χ0v) is 24.0. The quantitative estimate of drug-likeness (QED) is 0.445.